The molecule has 0 unspecified atom stereocenters. The molecule has 3 N–H and O–H groups in total. The molecule has 1 aliphatic rings. The Balaban J connectivity index is 2.20. The Bertz CT molecular complexity index is 592. The van der Waals surface area contributed by atoms with Gasteiger partial charge in [-0.1, -0.05) is 0 Å². The Kier molecular flexibility index (Phi) is 4.67. The van der Waals surface area contributed by atoms with Crippen molar-refractivity contribution >= 4 is 15.7 Å². The molecule has 2 rings (SSSR count). The molecule has 0 aromatic heterocycles. The summed E-state index contributed by atoms with van der Waals surface area (Å²) in [7, 11) is -0.633. The van der Waals surface area contributed by atoms with Crippen molar-refractivity contribution in [2.45, 2.75) is 4.90 Å². The van der Waals surface area contributed by atoms with Crippen LogP contribution in [0.15, 0.2) is 17.0 Å². The molecule has 0 spiro atoms. The topological polar surface area (TPSA) is 87.9 Å². The summed E-state index contributed by atoms with van der Waals surface area (Å²) in [6.07, 6.45) is 0. The Hall–Kier alpha value is -1.42. The lowest BCUT2D eigenvalue weighted by atomic mass is 10.3. The van der Waals surface area contributed by atoms with Gasteiger partial charge >= 0.3 is 0 Å². The number of hydrogen-bond donors (Lipinski definition) is 2. The highest BCUT2D eigenvalue weighted by molar-refractivity contribution is 7.89. The first-order valence-corrected chi connectivity index (χ1v) is 7.91. The van der Waals surface area contributed by atoms with E-state index < -0.39 is 15.8 Å². The minimum Gasteiger partial charge on any atom is -0.492 e. The zero-order valence-corrected chi connectivity index (χ0v) is 12.8. The molecule has 9 heteroatoms. The number of nitrogens with one attached hydrogen (secondary N) is 1. The number of anilines is 1. The lowest BCUT2D eigenvalue weighted by molar-refractivity contribution is 0.135. The standard InChI is InChI=1S/C12H19FN4O3S/c1-16-3-5-17(6-4-16)15-21(18,19)9-7-10(13)12(20-2)11(14)8-9/h7-8,15H,3-6,14H2,1-2H3. The van der Waals surface area contributed by atoms with Crippen LogP contribution in [0.1, 0.15) is 0 Å². The number of piperazine rings is 1. The second-order valence-corrected chi connectivity index (χ2v) is 6.57. The molecular weight excluding hydrogens is 299 g/mol. The van der Waals surface area contributed by atoms with Crippen LogP contribution >= 0.6 is 0 Å². The van der Waals surface area contributed by atoms with Gasteiger partial charge in [-0.2, -0.15) is 0 Å². The summed E-state index contributed by atoms with van der Waals surface area (Å²) in [5, 5.41) is 1.59. The lowest BCUT2D eigenvalue weighted by Crippen LogP contribution is -2.52. The first-order valence-electron chi connectivity index (χ1n) is 6.42. The summed E-state index contributed by atoms with van der Waals surface area (Å²) in [4.78, 5) is 4.31. The number of nitrogen functional groups attached to an aromatic ring is 1. The molecule has 1 aromatic rings. The molecule has 1 saturated heterocycles. The third-order valence-corrected chi connectivity index (χ3v) is 4.67. The van der Waals surface area contributed by atoms with E-state index >= 15 is 0 Å². The second kappa shape index (κ2) is 6.14. The van der Waals surface area contributed by atoms with Gasteiger partial charge in [0.1, 0.15) is 0 Å². The predicted octanol–water partition coefficient (Wildman–Crippen LogP) is -0.143. The molecular formula is C12H19FN4O3S. The monoisotopic (exact) mass is 318 g/mol. The highest BCUT2D eigenvalue weighted by Gasteiger charge is 2.23. The number of benzene rings is 1. The summed E-state index contributed by atoms with van der Waals surface area (Å²) in [6, 6.07) is 2.08. The fourth-order valence-electron chi connectivity index (χ4n) is 2.08. The molecule has 1 aromatic carbocycles. The number of sulfonamides is 1. The number of halogens is 1. The largest absolute Gasteiger partial charge is 0.492 e. The molecule has 1 heterocycles. The highest BCUT2D eigenvalue weighted by Crippen LogP contribution is 2.28. The summed E-state index contributed by atoms with van der Waals surface area (Å²) in [5.74, 6) is -0.968. The van der Waals surface area contributed by atoms with E-state index in [0.717, 1.165) is 19.2 Å². The van der Waals surface area contributed by atoms with Gasteiger partial charge in [0, 0.05) is 26.2 Å². The average molecular weight is 318 g/mol. The minimum atomic E-state index is -3.87. The van der Waals surface area contributed by atoms with Gasteiger partial charge in [0.05, 0.1) is 17.7 Å². The van der Waals surface area contributed by atoms with Gasteiger partial charge in [-0.05, 0) is 19.2 Å². The molecule has 118 valence electrons. The number of rotatable bonds is 4. The molecule has 1 fully saturated rings. The number of hydrazine groups is 1. The summed E-state index contributed by atoms with van der Waals surface area (Å²) < 4.78 is 43.0. The predicted molar refractivity (Wildman–Crippen MR) is 76.8 cm³/mol. The average Bonchev–Trinajstić information content (AvgIpc) is 2.41. The Morgan fingerprint density at radius 1 is 1.29 bits per heavy atom. The zero-order valence-electron chi connectivity index (χ0n) is 12.0. The van der Waals surface area contributed by atoms with Gasteiger partial charge < -0.3 is 15.4 Å². The van der Waals surface area contributed by atoms with Crippen molar-refractivity contribution in [3.63, 3.8) is 0 Å². The number of likely N-dealkylation sites (N-methyl/N-ethyl adjacent to an activating group) is 1. The number of nitrogens with two attached hydrogens (primary N) is 1. The van der Waals surface area contributed by atoms with Gasteiger partial charge in [0.25, 0.3) is 10.0 Å². The van der Waals surface area contributed by atoms with Crippen LogP contribution in [0, 0.1) is 5.82 Å². The summed E-state index contributed by atoms with van der Waals surface area (Å²) >= 11 is 0. The summed E-state index contributed by atoms with van der Waals surface area (Å²) in [6.45, 7) is 2.62. The number of nitrogens with zero attached hydrogens (tertiary/aromatic N) is 2. The van der Waals surface area contributed by atoms with Crippen LogP contribution in [-0.2, 0) is 10.0 Å². The van der Waals surface area contributed by atoms with Crippen LogP contribution in [0.4, 0.5) is 10.1 Å². The number of methoxy groups -OCH3 is 1. The van der Waals surface area contributed by atoms with E-state index in [1.165, 1.54) is 13.2 Å². The first-order chi connectivity index (χ1) is 9.83. The first kappa shape index (κ1) is 16.0. The smallest absolute Gasteiger partial charge is 0.253 e. The third-order valence-electron chi connectivity index (χ3n) is 3.31. The zero-order chi connectivity index (χ0) is 15.6. The van der Waals surface area contributed by atoms with Gasteiger partial charge in [-0.15, -0.1) is 4.83 Å². The maximum absolute atomic E-state index is 13.8. The minimum absolute atomic E-state index is 0.0590. The maximum atomic E-state index is 13.8. The lowest BCUT2D eigenvalue weighted by Gasteiger charge is -2.32. The van der Waals surface area contributed by atoms with Crippen LogP contribution in [0.5, 0.6) is 5.75 Å². The van der Waals surface area contributed by atoms with Gasteiger partial charge in [-0.25, -0.2) is 17.8 Å². The molecule has 21 heavy (non-hydrogen) atoms. The molecule has 0 saturated carbocycles. The number of ether oxygens (including phenoxy) is 1. The van der Waals surface area contributed by atoms with E-state index in [9.17, 15) is 12.8 Å². The quantitative estimate of drug-likeness (QED) is 0.751. The molecule has 0 radical (unpaired) electrons. The van der Waals surface area contributed by atoms with Crippen molar-refractivity contribution < 1.29 is 17.5 Å². The van der Waals surface area contributed by atoms with E-state index in [4.69, 9.17) is 10.5 Å². The number of hydrogen-bond acceptors (Lipinski definition) is 6. The van der Waals surface area contributed by atoms with Gasteiger partial charge in [0.2, 0.25) is 0 Å². The fraction of sp³-hybridized carbons (Fsp3) is 0.500. The van der Waals surface area contributed by atoms with E-state index in [2.05, 4.69) is 9.73 Å². The van der Waals surface area contributed by atoms with Gasteiger partial charge in [0.15, 0.2) is 11.6 Å². The molecule has 0 amide bonds. The Labute approximate surface area is 123 Å². The molecule has 0 atom stereocenters. The third kappa shape index (κ3) is 3.62. The fourth-order valence-corrected chi connectivity index (χ4v) is 3.25. The molecule has 0 aliphatic carbocycles. The highest BCUT2D eigenvalue weighted by atomic mass is 32.2. The van der Waals surface area contributed by atoms with Crippen LogP contribution < -0.4 is 15.3 Å². The Morgan fingerprint density at radius 2 is 1.90 bits per heavy atom. The van der Waals surface area contributed by atoms with Crippen LogP contribution in [0.3, 0.4) is 0 Å². The van der Waals surface area contributed by atoms with Crippen molar-refractivity contribution in [2.75, 3.05) is 46.1 Å². The molecule has 7 nitrogen and oxygen atoms in total. The second-order valence-electron chi connectivity index (χ2n) is 4.91. The van der Waals surface area contributed by atoms with Crippen molar-refractivity contribution in [3.8, 4) is 5.75 Å². The molecule has 0 bridgehead atoms. The van der Waals surface area contributed by atoms with E-state index in [1.54, 1.807) is 5.01 Å². The molecule has 1 aliphatic heterocycles. The van der Waals surface area contributed by atoms with Crippen molar-refractivity contribution in [1.29, 1.82) is 0 Å². The van der Waals surface area contributed by atoms with Crippen LogP contribution in [-0.4, -0.2) is 58.7 Å². The maximum Gasteiger partial charge on any atom is 0.253 e. The normalized spacial score (nSPS) is 17.9. The van der Waals surface area contributed by atoms with E-state index in [-0.39, 0.29) is 16.3 Å². The van der Waals surface area contributed by atoms with Crippen molar-refractivity contribution in [2.24, 2.45) is 0 Å². The van der Waals surface area contributed by atoms with Crippen LogP contribution in [0.2, 0.25) is 0 Å². The van der Waals surface area contributed by atoms with Gasteiger partial charge in [-0.3, -0.25) is 0 Å². The SMILES string of the molecule is COc1c(N)cc(S(=O)(=O)NN2CCN(C)CC2)cc1F. The van der Waals surface area contributed by atoms with E-state index in [1.807, 2.05) is 7.05 Å². The summed E-state index contributed by atoms with van der Waals surface area (Å²) in [5.41, 5.74) is 5.54. The van der Waals surface area contributed by atoms with E-state index in [0.29, 0.717) is 13.1 Å². The van der Waals surface area contributed by atoms with Crippen LogP contribution in [0.25, 0.3) is 0 Å². The Morgan fingerprint density at radius 3 is 2.43 bits per heavy atom. The van der Waals surface area contributed by atoms with Crippen molar-refractivity contribution in [1.82, 2.24) is 14.7 Å². The van der Waals surface area contributed by atoms with Crippen molar-refractivity contribution in [3.05, 3.63) is 17.9 Å².